The summed E-state index contributed by atoms with van der Waals surface area (Å²) in [6.07, 6.45) is 0. The van der Waals surface area contributed by atoms with Crippen LogP contribution in [0, 0.1) is 0 Å². The maximum atomic E-state index is 5.57. The summed E-state index contributed by atoms with van der Waals surface area (Å²) < 4.78 is 12.3. The van der Waals surface area contributed by atoms with E-state index in [2.05, 4.69) is 305 Å². The molecule has 0 radical (unpaired) electrons. The summed E-state index contributed by atoms with van der Waals surface area (Å²) in [5.74, 6) is 1.82. The summed E-state index contributed by atoms with van der Waals surface area (Å²) >= 11 is 3.60. The quantitative estimate of drug-likeness (QED) is 0.152. The smallest absolute Gasteiger partial charge is 0.164 e. The minimum absolute atomic E-state index is 0.586. The van der Waals surface area contributed by atoms with Gasteiger partial charge in [-0.3, -0.25) is 0 Å². The third-order valence-corrected chi connectivity index (χ3v) is 20.3. The molecule has 0 unspecified atom stereocenters. The first-order valence-electron chi connectivity index (χ1n) is 30.1. The molecule has 6 heterocycles. The highest BCUT2D eigenvalue weighted by molar-refractivity contribution is 7.26. The maximum absolute atomic E-state index is 5.57. The molecular formula is C81H48N6S2. The van der Waals surface area contributed by atoms with Gasteiger partial charge in [-0.05, 0) is 96.1 Å². The van der Waals surface area contributed by atoms with Gasteiger partial charge in [0.05, 0.1) is 38.8 Å². The van der Waals surface area contributed by atoms with Gasteiger partial charge >= 0.3 is 0 Å². The Hall–Kier alpha value is -11.3. The number of thiophene rings is 2. The van der Waals surface area contributed by atoms with Crippen molar-refractivity contribution in [2.45, 2.75) is 0 Å². The molecular weight excluding hydrogens is 1120 g/mol. The molecule has 0 saturated heterocycles. The first-order chi connectivity index (χ1) is 44.1. The third kappa shape index (κ3) is 7.77. The Morgan fingerprint density at radius 2 is 0.539 bits per heavy atom. The van der Waals surface area contributed by atoms with E-state index in [1.54, 1.807) is 22.7 Å². The van der Waals surface area contributed by atoms with Gasteiger partial charge < -0.3 is 13.7 Å². The summed E-state index contributed by atoms with van der Waals surface area (Å²) in [6, 6.07) is 106. The van der Waals surface area contributed by atoms with E-state index in [1.165, 1.54) is 61.9 Å². The number of aromatic nitrogens is 6. The standard InChI is InChI=1S/C81H48N6S2/c1-3-19-49(20-4-1)66-43-53(81-83-79(51-35-39-64-62-27-11-17-33-74(62)88-76(64)45-51)82-80(84-81)52-36-40-65-63-28-12-18-34-75(63)89-77(65)46-52)44-67(50-21-5-2-6-22-50)78(66)87-72-47-54(85-68-29-13-7-23-56(68)57-24-8-14-30-69(57)85)37-41-60(72)61-42-38-55(48-73(61)87)86-70-31-15-9-25-58(70)59-26-10-16-32-71(59)86/h1-48H. The van der Waals surface area contributed by atoms with Crippen molar-refractivity contribution >= 4 is 128 Å². The monoisotopic (exact) mass is 1170 g/mol. The van der Waals surface area contributed by atoms with E-state index in [0.717, 1.165) is 99.9 Å². The zero-order valence-corrected chi connectivity index (χ0v) is 49.3. The molecule has 0 aliphatic carbocycles. The van der Waals surface area contributed by atoms with Crippen LogP contribution in [0.3, 0.4) is 0 Å². The van der Waals surface area contributed by atoms with Crippen LogP contribution < -0.4 is 0 Å². The fourth-order valence-corrected chi connectivity index (χ4v) is 16.4. The molecule has 89 heavy (non-hydrogen) atoms. The van der Waals surface area contributed by atoms with Gasteiger partial charge in [-0.25, -0.2) is 15.0 Å². The van der Waals surface area contributed by atoms with Crippen LogP contribution in [0.15, 0.2) is 291 Å². The van der Waals surface area contributed by atoms with Gasteiger partial charge in [0.2, 0.25) is 0 Å². The maximum Gasteiger partial charge on any atom is 0.164 e. The largest absolute Gasteiger partial charge is 0.309 e. The van der Waals surface area contributed by atoms with Gasteiger partial charge in [0, 0.05) is 112 Å². The SMILES string of the molecule is c1ccc(-c2cc(-c3nc(-c4ccc5c(c4)sc4ccccc45)nc(-c4ccc5c(c4)sc4ccccc45)n3)cc(-c3ccccc3)c2-n2c3cc(-n4c5ccccc5c5ccccc54)ccc3c3ccc(-n4c5ccccc5c5ccccc54)cc32)cc1. The summed E-state index contributed by atoms with van der Waals surface area (Å²) in [5, 5.41) is 12.1. The zero-order chi connectivity index (χ0) is 58.3. The van der Waals surface area contributed by atoms with Crippen LogP contribution in [-0.4, -0.2) is 28.7 Å². The number of benzene rings is 13. The molecule has 6 aromatic heterocycles. The van der Waals surface area contributed by atoms with E-state index in [4.69, 9.17) is 15.0 Å². The van der Waals surface area contributed by atoms with Crippen LogP contribution in [0.1, 0.15) is 0 Å². The van der Waals surface area contributed by atoms with Crippen LogP contribution >= 0.6 is 22.7 Å². The molecule has 0 atom stereocenters. The highest BCUT2D eigenvalue weighted by Gasteiger charge is 2.26. The number of para-hydroxylation sites is 4. The van der Waals surface area contributed by atoms with Crippen molar-refractivity contribution in [2.24, 2.45) is 0 Å². The Kier molecular flexibility index (Phi) is 11.0. The van der Waals surface area contributed by atoms with Gasteiger partial charge in [0.25, 0.3) is 0 Å². The summed E-state index contributed by atoms with van der Waals surface area (Å²) in [5.41, 5.74) is 16.9. The van der Waals surface area contributed by atoms with Crippen molar-refractivity contribution in [2.75, 3.05) is 0 Å². The minimum atomic E-state index is 0.586. The summed E-state index contributed by atoms with van der Waals surface area (Å²) in [7, 11) is 0. The van der Waals surface area contributed by atoms with Crippen LogP contribution in [0.5, 0.6) is 0 Å². The summed E-state index contributed by atoms with van der Waals surface area (Å²) in [4.78, 5) is 16.6. The fraction of sp³-hybridized carbons (Fsp3) is 0. The molecule has 414 valence electrons. The van der Waals surface area contributed by atoms with Gasteiger partial charge in [-0.15, -0.1) is 22.7 Å². The Labute approximate surface area is 518 Å². The van der Waals surface area contributed by atoms with E-state index in [1.807, 2.05) is 0 Å². The average molecular weight is 1170 g/mol. The Bertz CT molecular complexity index is 5650. The van der Waals surface area contributed by atoms with Crippen molar-refractivity contribution in [1.29, 1.82) is 0 Å². The molecule has 6 nitrogen and oxygen atoms in total. The molecule has 0 saturated carbocycles. The van der Waals surface area contributed by atoms with Crippen LogP contribution in [0.25, 0.3) is 179 Å². The predicted molar refractivity (Wildman–Crippen MR) is 376 cm³/mol. The van der Waals surface area contributed by atoms with E-state index in [9.17, 15) is 0 Å². The van der Waals surface area contributed by atoms with Gasteiger partial charge in [0.1, 0.15) is 0 Å². The molecule has 0 amide bonds. The van der Waals surface area contributed by atoms with Crippen LogP contribution in [-0.2, 0) is 0 Å². The second-order valence-electron chi connectivity index (χ2n) is 23.1. The van der Waals surface area contributed by atoms with Gasteiger partial charge in [-0.2, -0.15) is 0 Å². The molecule has 13 aromatic carbocycles. The first kappa shape index (κ1) is 49.9. The first-order valence-corrected chi connectivity index (χ1v) is 31.7. The van der Waals surface area contributed by atoms with Crippen molar-refractivity contribution < 1.29 is 0 Å². The zero-order valence-electron chi connectivity index (χ0n) is 47.7. The lowest BCUT2D eigenvalue weighted by atomic mass is 9.92. The topological polar surface area (TPSA) is 53.5 Å². The van der Waals surface area contributed by atoms with Crippen molar-refractivity contribution in [3.8, 4) is 73.5 Å². The molecule has 0 fully saturated rings. The molecule has 0 aliphatic rings. The van der Waals surface area contributed by atoms with E-state index in [-0.39, 0.29) is 0 Å². The molecule has 0 N–H and O–H groups in total. The van der Waals surface area contributed by atoms with E-state index >= 15 is 0 Å². The highest BCUT2D eigenvalue weighted by atomic mass is 32.1. The second kappa shape index (κ2) is 19.6. The molecule has 0 aliphatic heterocycles. The fourth-order valence-electron chi connectivity index (χ4n) is 14.1. The summed E-state index contributed by atoms with van der Waals surface area (Å²) in [6.45, 7) is 0. The van der Waals surface area contributed by atoms with Crippen molar-refractivity contribution in [3.63, 3.8) is 0 Å². The third-order valence-electron chi connectivity index (χ3n) is 18.1. The molecule has 8 heteroatoms. The highest BCUT2D eigenvalue weighted by Crippen LogP contribution is 2.47. The minimum Gasteiger partial charge on any atom is -0.309 e. The van der Waals surface area contributed by atoms with E-state index in [0.29, 0.717) is 17.5 Å². The Morgan fingerprint density at radius 3 is 0.955 bits per heavy atom. The normalized spacial score (nSPS) is 12.0. The number of hydrogen-bond donors (Lipinski definition) is 0. The molecule has 0 spiro atoms. The van der Waals surface area contributed by atoms with Gasteiger partial charge in [-0.1, -0.05) is 206 Å². The predicted octanol–water partition coefficient (Wildman–Crippen LogP) is 22.2. The number of nitrogens with zero attached hydrogens (tertiary/aromatic N) is 6. The molecule has 19 aromatic rings. The lowest BCUT2D eigenvalue weighted by Gasteiger charge is -2.21. The van der Waals surface area contributed by atoms with Crippen molar-refractivity contribution in [3.05, 3.63) is 291 Å². The lowest BCUT2D eigenvalue weighted by Crippen LogP contribution is -2.05. The van der Waals surface area contributed by atoms with Crippen LogP contribution in [0.2, 0.25) is 0 Å². The van der Waals surface area contributed by atoms with Crippen molar-refractivity contribution in [1.82, 2.24) is 28.7 Å². The molecule has 19 rings (SSSR count). The van der Waals surface area contributed by atoms with E-state index < -0.39 is 0 Å². The molecule has 0 bridgehead atoms. The number of hydrogen-bond acceptors (Lipinski definition) is 5. The Balaban J connectivity index is 0.914. The second-order valence-corrected chi connectivity index (χ2v) is 25.2. The number of fused-ring (bicyclic) bond motifs is 15. The van der Waals surface area contributed by atoms with Crippen LogP contribution in [0.4, 0.5) is 0 Å². The Morgan fingerprint density at radius 1 is 0.213 bits per heavy atom. The van der Waals surface area contributed by atoms with Gasteiger partial charge in [0.15, 0.2) is 17.5 Å². The lowest BCUT2D eigenvalue weighted by molar-refractivity contribution is 1.07. The average Bonchev–Trinajstić information content (AvgIpc) is 1.89. The number of rotatable bonds is 8.